The van der Waals surface area contributed by atoms with Gasteiger partial charge in [0.25, 0.3) is 0 Å². The van der Waals surface area contributed by atoms with Gasteiger partial charge in [-0.05, 0) is 36.0 Å². The number of halogens is 1. The van der Waals surface area contributed by atoms with E-state index in [1.807, 2.05) is 0 Å². The van der Waals surface area contributed by atoms with Gasteiger partial charge in [-0.3, -0.25) is 4.90 Å². The lowest BCUT2D eigenvalue weighted by atomic mass is 9.73. The largest absolute Gasteiger partial charge is 0.298 e. The summed E-state index contributed by atoms with van der Waals surface area (Å²) in [7, 11) is 0. The van der Waals surface area contributed by atoms with Crippen LogP contribution in [0.15, 0.2) is 28.7 Å². The van der Waals surface area contributed by atoms with Crippen LogP contribution in [0.2, 0.25) is 0 Å². The average molecular weight is 308 g/mol. The molecule has 3 rings (SSSR count). The molecule has 2 fully saturated rings. The third-order valence-corrected chi connectivity index (χ3v) is 5.13. The average Bonchev–Trinajstić information content (AvgIpc) is 2.57. The van der Waals surface area contributed by atoms with E-state index in [2.05, 4.69) is 45.1 Å². The summed E-state index contributed by atoms with van der Waals surface area (Å²) in [5.74, 6) is 0. The lowest BCUT2D eigenvalue weighted by Gasteiger charge is -2.50. The highest BCUT2D eigenvalue weighted by atomic mass is 79.9. The summed E-state index contributed by atoms with van der Waals surface area (Å²) in [6.45, 7) is 3.81. The van der Waals surface area contributed by atoms with Gasteiger partial charge in [0.2, 0.25) is 0 Å². The summed E-state index contributed by atoms with van der Waals surface area (Å²) in [6.07, 6.45) is 8.81. The first-order valence-corrected chi connectivity index (χ1v) is 8.02. The van der Waals surface area contributed by atoms with Gasteiger partial charge >= 0.3 is 0 Å². The molecule has 0 radical (unpaired) electrons. The van der Waals surface area contributed by atoms with Crippen molar-refractivity contribution in [3.8, 4) is 0 Å². The molecule has 1 aromatic carbocycles. The molecule has 1 nitrogen and oxygen atoms in total. The fraction of sp³-hybridized carbons (Fsp3) is 0.625. The summed E-state index contributed by atoms with van der Waals surface area (Å²) in [5.41, 5.74) is 2.15. The second kappa shape index (κ2) is 5.34. The van der Waals surface area contributed by atoms with Crippen LogP contribution in [0, 0.1) is 5.41 Å². The maximum absolute atomic E-state index is 3.50. The van der Waals surface area contributed by atoms with Crippen LogP contribution in [0.5, 0.6) is 0 Å². The molecule has 2 heteroatoms. The van der Waals surface area contributed by atoms with E-state index < -0.39 is 0 Å². The molecular weight excluding hydrogens is 286 g/mol. The van der Waals surface area contributed by atoms with Crippen molar-refractivity contribution < 1.29 is 0 Å². The van der Waals surface area contributed by atoms with Crippen molar-refractivity contribution >= 4 is 15.9 Å². The van der Waals surface area contributed by atoms with Gasteiger partial charge in [-0.25, -0.2) is 0 Å². The second-order valence-electron chi connectivity index (χ2n) is 6.19. The van der Waals surface area contributed by atoms with E-state index in [0.29, 0.717) is 5.41 Å². The van der Waals surface area contributed by atoms with E-state index in [1.54, 1.807) is 0 Å². The zero-order valence-electron chi connectivity index (χ0n) is 11.0. The molecule has 0 N–H and O–H groups in total. The van der Waals surface area contributed by atoms with Gasteiger partial charge in [0.1, 0.15) is 0 Å². The molecule has 0 aromatic heterocycles. The monoisotopic (exact) mass is 307 g/mol. The van der Waals surface area contributed by atoms with Crippen LogP contribution in [0.1, 0.15) is 44.1 Å². The number of hydrogen-bond donors (Lipinski definition) is 0. The predicted octanol–water partition coefficient (Wildman–Crippen LogP) is 4.61. The Morgan fingerprint density at radius 1 is 0.944 bits per heavy atom. The fourth-order valence-electron chi connectivity index (χ4n) is 3.66. The second-order valence-corrected chi connectivity index (χ2v) is 7.10. The van der Waals surface area contributed by atoms with Gasteiger partial charge in [-0.2, -0.15) is 0 Å². The maximum Gasteiger partial charge on any atom is 0.0234 e. The van der Waals surface area contributed by atoms with Crippen molar-refractivity contribution in [3.63, 3.8) is 0 Å². The Morgan fingerprint density at radius 3 is 2.17 bits per heavy atom. The number of likely N-dealkylation sites (tertiary alicyclic amines) is 1. The van der Waals surface area contributed by atoms with E-state index in [-0.39, 0.29) is 0 Å². The van der Waals surface area contributed by atoms with E-state index in [0.717, 1.165) is 6.54 Å². The molecule has 1 heterocycles. The Bertz CT molecular complexity index is 382. The third-order valence-electron chi connectivity index (χ3n) is 4.60. The standard InChI is InChI=1S/C16H22BrN/c17-15-7-5-14(6-8-15)11-18-12-16(13-18)9-3-1-2-4-10-16/h5-8H,1-4,9-13H2. The normalized spacial score (nSPS) is 23.6. The van der Waals surface area contributed by atoms with Crippen molar-refractivity contribution in [3.05, 3.63) is 34.3 Å². The van der Waals surface area contributed by atoms with Crippen molar-refractivity contribution in [2.45, 2.75) is 45.1 Å². The Balaban J connectivity index is 1.54. The van der Waals surface area contributed by atoms with Gasteiger partial charge in [0.05, 0.1) is 0 Å². The maximum atomic E-state index is 3.50. The van der Waals surface area contributed by atoms with Crippen molar-refractivity contribution in [1.82, 2.24) is 4.90 Å². The summed E-state index contributed by atoms with van der Waals surface area (Å²) in [5, 5.41) is 0. The van der Waals surface area contributed by atoms with Crippen LogP contribution in [-0.4, -0.2) is 18.0 Å². The molecule has 0 amide bonds. The van der Waals surface area contributed by atoms with Gasteiger partial charge < -0.3 is 0 Å². The topological polar surface area (TPSA) is 3.24 Å². The van der Waals surface area contributed by atoms with Gasteiger partial charge in [0.15, 0.2) is 0 Å². The first-order valence-electron chi connectivity index (χ1n) is 7.23. The molecule has 1 aliphatic heterocycles. The Kier molecular flexibility index (Phi) is 3.76. The van der Waals surface area contributed by atoms with Crippen LogP contribution in [0.4, 0.5) is 0 Å². The molecule has 0 unspecified atom stereocenters. The summed E-state index contributed by atoms with van der Waals surface area (Å²) in [4.78, 5) is 2.62. The van der Waals surface area contributed by atoms with Gasteiger partial charge in [-0.1, -0.05) is 53.7 Å². The number of rotatable bonds is 2. The number of benzene rings is 1. The Labute approximate surface area is 119 Å². The van der Waals surface area contributed by atoms with Crippen molar-refractivity contribution in [2.75, 3.05) is 13.1 Å². The molecule has 0 atom stereocenters. The minimum atomic E-state index is 0.700. The van der Waals surface area contributed by atoms with E-state index in [1.165, 1.54) is 61.7 Å². The van der Waals surface area contributed by atoms with Crippen LogP contribution < -0.4 is 0 Å². The molecule has 2 aliphatic rings. The first-order chi connectivity index (χ1) is 8.76. The molecule has 0 bridgehead atoms. The summed E-state index contributed by atoms with van der Waals surface area (Å²) < 4.78 is 1.18. The lowest BCUT2D eigenvalue weighted by Crippen LogP contribution is -2.55. The Hall–Kier alpha value is -0.340. The van der Waals surface area contributed by atoms with Crippen LogP contribution in [0.25, 0.3) is 0 Å². The Morgan fingerprint density at radius 2 is 1.56 bits per heavy atom. The van der Waals surface area contributed by atoms with Crippen LogP contribution in [0.3, 0.4) is 0 Å². The molecular formula is C16H22BrN. The molecule has 1 spiro atoms. The van der Waals surface area contributed by atoms with E-state index in [4.69, 9.17) is 0 Å². The molecule has 1 saturated heterocycles. The zero-order chi connectivity index (χ0) is 12.4. The van der Waals surface area contributed by atoms with Gasteiger partial charge in [-0.15, -0.1) is 0 Å². The molecule has 98 valence electrons. The molecule has 1 aromatic rings. The quantitative estimate of drug-likeness (QED) is 0.771. The van der Waals surface area contributed by atoms with Crippen molar-refractivity contribution in [1.29, 1.82) is 0 Å². The molecule has 1 aliphatic carbocycles. The zero-order valence-corrected chi connectivity index (χ0v) is 12.6. The summed E-state index contributed by atoms with van der Waals surface area (Å²) >= 11 is 3.50. The van der Waals surface area contributed by atoms with Gasteiger partial charge in [0, 0.05) is 24.1 Å². The smallest absolute Gasteiger partial charge is 0.0234 e. The van der Waals surface area contributed by atoms with Crippen molar-refractivity contribution in [2.24, 2.45) is 5.41 Å². The minimum absolute atomic E-state index is 0.700. The third kappa shape index (κ3) is 2.80. The van der Waals surface area contributed by atoms with Crippen LogP contribution in [-0.2, 0) is 6.54 Å². The first kappa shape index (κ1) is 12.7. The lowest BCUT2D eigenvalue weighted by molar-refractivity contribution is -0.0176. The van der Waals surface area contributed by atoms with E-state index in [9.17, 15) is 0 Å². The SMILES string of the molecule is Brc1ccc(CN2CC3(CCCCCC3)C2)cc1. The van der Waals surface area contributed by atoms with Crippen LogP contribution >= 0.6 is 15.9 Å². The highest BCUT2D eigenvalue weighted by Crippen LogP contribution is 2.43. The fourth-order valence-corrected chi connectivity index (χ4v) is 3.92. The minimum Gasteiger partial charge on any atom is -0.298 e. The molecule has 1 saturated carbocycles. The number of hydrogen-bond acceptors (Lipinski definition) is 1. The highest BCUT2D eigenvalue weighted by Gasteiger charge is 2.42. The van der Waals surface area contributed by atoms with E-state index >= 15 is 0 Å². The molecule has 18 heavy (non-hydrogen) atoms. The highest BCUT2D eigenvalue weighted by molar-refractivity contribution is 9.10. The predicted molar refractivity (Wildman–Crippen MR) is 79.6 cm³/mol. The number of nitrogens with zero attached hydrogens (tertiary/aromatic N) is 1. The summed E-state index contributed by atoms with van der Waals surface area (Å²) in [6, 6.07) is 8.78.